The third-order valence-electron chi connectivity index (χ3n) is 4.18. The van der Waals surface area contributed by atoms with Crippen molar-refractivity contribution in [2.75, 3.05) is 19.6 Å². The zero-order chi connectivity index (χ0) is 17.8. The summed E-state index contributed by atoms with van der Waals surface area (Å²) in [6.07, 6.45) is 0.962. The summed E-state index contributed by atoms with van der Waals surface area (Å²) in [5, 5.41) is 14.4. The van der Waals surface area contributed by atoms with Crippen LogP contribution < -0.4 is 0 Å². The summed E-state index contributed by atoms with van der Waals surface area (Å²) < 4.78 is 1.54. The predicted octanol–water partition coefficient (Wildman–Crippen LogP) is 0.423. The summed E-state index contributed by atoms with van der Waals surface area (Å²) >= 11 is 0. The number of hydrogen-bond donors (Lipinski definition) is 1. The lowest BCUT2D eigenvalue weighted by atomic mass is 10.2. The van der Waals surface area contributed by atoms with Gasteiger partial charge in [0.05, 0.1) is 18.3 Å². The van der Waals surface area contributed by atoms with Gasteiger partial charge in [0.1, 0.15) is 6.54 Å². The molecule has 1 N–H and O–H groups in total. The Labute approximate surface area is 146 Å². The largest absolute Gasteiger partial charge is 0.389 e. The number of rotatable bonds is 4. The highest BCUT2D eigenvalue weighted by Crippen LogP contribution is 2.11. The van der Waals surface area contributed by atoms with Crippen LogP contribution in [-0.4, -0.2) is 62.2 Å². The lowest BCUT2D eigenvalue weighted by Crippen LogP contribution is -2.41. The molecule has 2 amide bonds. The fraction of sp³-hybridized carbons (Fsp3) is 0.389. The number of amides is 2. The first-order valence-corrected chi connectivity index (χ1v) is 8.29. The highest BCUT2D eigenvalue weighted by Gasteiger charge is 2.29. The molecule has 1 aromatic heterocycles. The molecule has 2 heterocycles. The molecule has 0 radical (unpaired) electrons. The molecule has 1 fully saturated rings. The van der Waals surface area contributed by atoms with Crippen LogP contribution in [0.3, 0.4) is 0 Å². The SMILES string of the molecule is Cc1ccn(CC(=O)N2CC(=O)N(Cc3ccccc3)CC(O)C2)n1. The molecular formula is C18H22N4O3. The van der Waals surface area contributed by atoms with Gasteiger partial charge in [-0.05, 0) is 18.6 Å². The Kier molecular flexibility index (Phi) is 5.14. The molecule has 1 atom stereocenters. The van der Waals surface area contributed by atoms with Crippen LogP contribution in [0.5, 0.6) is 0 Å². The van der Waals surface area contributed by atoms with E-state index < -0.39 is 6.10 Å². The van der Waals surface area contributed by atoms with Crippen molar-refractivity contribution >= 4 is 11.8 Å². The van der Waals surface area contributed by atoms with Gasteiger partial charge in [0.25, 0.3) is 0 Å². The van der Waals surface area contributed by atoms with Gasteiger partial charge in [-0.2, -0.15) is 5.10 Å². The lowest BCUT2D eigenvalue weighted by Gasteiger charge is -2.22. The van der Waals surface area contributed by atoms with E-state index in [1.165, 1.54) is 4.90 Å². The highest BCUT2D eigenvalue weighted by atomic mass is 16.3. The molecule has 0 spiro atoms. The molecule has 1 aliphatic rings. The first kappa shape index (κ1) is 17.2. The minimum atomic E-state index is -0.765. The van der Waals surface area contributed by atoms with Gasteiger partial charge < -0.3 is 14.9 Å². The van der Waals surface area contributed by atoms with Crippen molar-refractivity contribution in [2.24, 2.45) is 0 Å². The van der Waals surface area contributed by atoms with Crippen LogP contribution in [0, 0.1) is 6.92 Å². The number of hydrogen-bond acceptors (Lipinski definition) is 4. The second kappa shape index (κ2) is 7.48. The average Bonchev–Trinajstić information content (AvgIpc) is 2.92. The van der Waals surface area contributed by atoms with Gasteiger partial charge in [0.2, 0.25) is 11.8 Å². The number of benzene rings is 1. The van der Waals surface area contributed by atoms with E-state index in [0.29, 0.717) is 6.54 Å². The highest BCUT2D eigenvalue weighted by molar-refractivity contribution is 5.85. The van der Waals surface area contributed by atoms with E-state index in [-0.39, 0.29) is 38.0 Å². The van der Waals surface area contributed by atoms with E-state index in [1.807, 2.05) is 43.3 Å². The maximum Gasteiger partial charge on any atom is 0.244 e. The van der Waals surface area contributed by atoms with Gasteiger partial charge in [-0.25, -0.2) is 0 Å². The Morgan fingerprint density at radius 1 is 1.24 bits per heavy atom. The van der Waals surface area contributed by atoms with Crippen LogP contribution in [0.2, 0.25) is 0 Å². The summed E-state index contributed by atoms with van der Waals surface area (Å²) in [5.41, 5.74) is 1.82. The van der Waals surface area contributed by atoms with Crippen molar-refractivity contribution in [1.29, 1.82) is 0 Å². The summed E-state index contributed by atoms with van der Waals surface area (Å²) in [5.74, 6) is -0.387. The normalized spacial score (nSPS) is 18.3. The van der Waals surface area contributed by atoms with Gasteiger partial charge in [-0.1, -0.05) is 30.3 Å². The molecule has 1 unspecified atom stereocenters. The Balaban J connectivity index is 1.66. The molecule has 1 aliphatic heterocycles. The number of aryl methyl sites for hydroxylation is 1. The Bertz CT molecular complexity index is 744. The molecule has 25 heavy (non-hydrogen) atoms. The summed E-state index contributed by atoms with van der Waals surface area (Å²) in [6, 6.07) is 11.4. The maximum absolute atomic E-state index is 12.5. The number of aliphatic hydroxyl groups is 1. The summed E-state index contributed by atoms with van der Waals surface area (Å²) in [4.78, 5) is 28.0. The number of aliphatic hydroxyl groups excluding tert-OH is 1. The second-order valence-corrected chi connectivity index (χ2v) is 6.34. The van der Waals surface area contributed by atoms with Gasteiger partial charge >= 0.3 is 0 Å². The molecule has 0 aliphatic carbocycles. The predicted molar refractivity (Wildman–Crippen MR) is 91.4 cm³/mol. The van der Waals surface area contributed by atoms with E-state index >= 15 is 0 Å². The zero-order valence-electron chi connectivity index (χ0n) is 14.2. The molecule has 0 bridgehead atoms. The van der Waals surface area contributed by atoms with Crippen LogP contribution in [0.25, 0.3) is 0 Å². The topological polar surface area (TPSA) is 78.7 Å². The Hall–Kier alpha value is -2.67. The average molecular weight is 342 g/mol. The standard InChI is InChI=1S/C18H22N4O3/c1-14-7-8-22(19-14)13-18(25)21-11-16(23)10-20(17(24)12-21)9-15-5-3-2-4-6-15/h2-8,16,23H,9-13H2,1H3. The zero-order valence-corrected chi connectivity index (χ0v) is 14.2. The molecular weight excluding hydrogens is 320 g/mol. The first-order chi connectivity index (χ1) is 12.0. The maximum atomic E-state index is 12.5. The van der Waals surface area contributed by atoms with Gasteiger partial charge in [-0.3, -0.25) is 14.3 Å². The second-order valence-electron chi connectivity index (χ2n) is 6.34. The lowest BCUT2D eigenvalue weighted by molar-refractivity contribution is -0.139. The number of carbonyl (C=O) groups excluding carboxylic acids is 2. The molecule has 3 rings (SSSR count). The Morgan fingerprint density at radius 2 is 2.00 bits per heavy atom. The van der Waals surface area contributed by atoms with Crippen LogP contribution in [-0.2, 0) is 22.7 Å². The minimum absolute atomic E-state index is 0.0248. The quantitative estimate of drug-likeness (QED) is 0.874. The van der Waals surface area contributed by atoms with E-state index in [4.69, 9.17) is 0 Å². The third-order valence-corrected chi connectivity index (χ3v) is 4.18. The summed E-state index contributed by atoms with van der Waals surface area (Å²) in [6.45, 7) is 2.68. The van der Waals surface area contributed by atoms with Crippen molar-refractivity contribution in [3.05, 3.63) is 53.9 Å². The van der Waals surface area contributed by atoms with E-state index in [2.05, 4.69) is 5.10 Å². The van der Waals surface area contributed by atoms with Crippen LogP contribution >= 0.6 is 0 Å². The monoisotopic (exact) mass is 342 g/mol. The van der Waals surface area contributed by atoms with E-state index in [9.17, 15) is 14.7 Å². The number of nitrogens with zero attached hydrogens (tertiary/aromatic N) is 4. The number of β-amino-alcohol motifs (C(OH)–C–C–N with tert-alkyl or cyclic N) is 1. The molecule has 132 valence electrons. The van der Waals surface area contributed by atoms with E-state index in [1.54, 1.807) is 15.8 Å². The van der Waals surface area contributed by atoms with Gasteiger partial charge in [0, 0.05) is 25.8 Å². The first-order valence-electron chi connectivity index (χ1n) is 8.29. The van der Waals surface area contributed by atoms with Crippen LogP contribution in [0.15, 0.2) is 42.6 Å². The van der Waals surface area contributed by atoms with Crippen molar-refractivity contribution in [3.8, 4) is 0 Å². The van der Waals surface area contributed by atoms with Crippen molar-refractivity contribution < 1.29 is 14.7 Å². The molecule has 0 saturated carbocycles. The van der Waals surface area contributed by atoms with Crippen molar-refractivity contribution in [1.82, 2.24) is 19.6 Å². The third kappa shape index (κ3) is 4.45. The molecule has 1 aromatic carbocycles. The van der Waals surface area contributed by atoms with Crippen LogP contribution in [0.1, 0.15) is 11.3 Å². The molecule has 2 aromatic rings. The van der Waals surface area contributed by atoms with E-state index in [0.717, 1.165) is 11.3 Å². The minimum Gasteiger partial charge on any atom is -0.389 e. The van der Waals surface area contributed by atoms with Gasteiger partial charge in [0.15, 0.2) is 0 Å². The molecule has 7 heteroatoms. The molecule has 7 nitrogen and oxygen atoms in total. The van der Waals surface area contributed by atoms with Crippen molar-refractivity contribution in [2.45, 2.75) is 26.1 Å². The fourth-order valence-corrected chi connectivity index (χ4v) is 2.93. The van der Waals surface area contributed by atoms with Gasteiger partial charge in [-0.15, -0.1) is 0 Å². The fourth-order valence-electron chi connectivity index (χ4n) is 2.93. The molecule has 1 saturated heterocycles. The smallest absolute Gasteiger partial charge is 0.244 e. The Morgan fingerprint density at radius 3 is 2.68 bits per heavy atom. The van der Waals surface area contributed by atoms with Crippen LogP contribution in [0.4, 0.5) is 0 Å². The number of carbonyl (C=O) groups is 2. The van der Waals surface area contributed by atoms with Crippen molar-refractivity contribution in [3.63, 3.8) is 0 Å². The number of aromatic nitrogens is 2. The summed E-state index contributed by atoms with van der Waals surface area (Å²) in [7, 11) is 0.